The maximum Gasteiger partial charge on any atom is 0.255 e. The van der Waals surface area contributed by atoms with Gasteiger partial charge in [0.25, 0.3) is 5.91 Å². The summed E-state index contributed by atoms with van der Waals surface area (Å²) in [7, 11) is 0. The lowest BCUT2D eigenvalue weighted by Crippen LogP contribution is -2.13. The van der Waals surface area contributed by atoms with Crippen LogP contribution in [0.25, 0.3) is 0 Å². The van der Waals surface area contributed by atoms with Crippen molar-refractivity contribution in [2.24, 2.45) is 0 Å². The quantitative estimate of drug-likeness (QED) is 0.904. The maximum absolute atomic E-state index is 12.2. The first-order chi connectivity index (χ1) is 9.95. The monoisotopic (exact) mass is 302 g/mol. The van der Waals surface area contributed by atoms with Crippen molar-refractivity contribution >= 4 is 34.8 Å². The Kier molecular flexibility index (Phi) is 4.60. The molecule has 2 rings (SSSR count). The van der Waals surface area contributed by atoms with Crippen molar-refractivity contribution in [2.45, 2.75) is 13.8 Å². The van der Waals surface area contributed by atoms with Crippen LogP contribution < -0.4 is 10.6 Å². The zero-order chi connectivity index (χ0) is 15.4. The number of hydrogen-bond acceptors (Lipinski definition) is 2. The van der Waals surface area contributed by atoms with Gasteiger partial charge in [-0.2, -0.15) is 0 Å². The van der Waals surface area contributed by atoms with Gasteiger partial charge >= 0.3 is 0 Å². The van der Waals surface area contributed by atoms with Gasteiger partial charge in [-0.1, -0.05) is 23.7 Å². The highest BCUT2D eigenvalue weighted by molar-refractivity contribution is 6.31. The zero-order valence-electron chi connectivity index (χ0n) is 11.7. The van der Waals surface area contributed by atoms with Crippen molar-refractivity contribution in [3.63, 3.8) is 0 Å². The number of nitrogens with one attached hydrogen (secondary N) is 2. The highest BCUT2D eigenvalue weighted by atomic mass is 35.5. The minimum Gasteiger partial charge on any atom is -0.326 e. The SMILES string of the molecule is CC(=O)Nc1cccc(C(=O)Nc2ccc(C)c(Cl)c2)c1. The first kappa shape index (κ1) is 15.1. The first-order valence-electron chi connectivity index (χ1n) is 6.41. The van der Waals surface area contributed by atoms with Crippen molar-refractivity contribution in [3.8, 4) is 0 Å². The van der Waals surface area contributed by atoms with E-state index in [0.717, 1.165) is 5.56 Å². The predicted molar refractivity (Wildman–Crippen MR) is 84.9 cm³/mol. The molecule has 0 atom stereocenters. The van der Waals surface area contributed by atoms with Crippen molar-refractivity contribution in [1.29, 1.82) is 0 Å². The van der Waals surface area contributed by atoms with E-state index in [0.29, 0.717) is 22.0 Å². The molecule has 0 spiro atoms. The number of carbonyl (C=O) groups excluding carboxylic acids is 2. The van der Waals surface area contributed by atoms with Gasteiger partial charge in [0.2, 0.25) is 5.91 Å². The minimum absolute atomic E-state index is 0.183. The summed E-state index contributed by atoms with van der Waals surface area (Å²) in [6, 6.07) is 12.1. The van der Waals surface area contributed by atoms with Crippen LogP contribution in [0.1, 0.15) is 22.8 Å². The van der Waals surface area contributed by atoms with Crippen LogP contribution in [0.2, 0.25) is 5.02 Å². The molecule has 0 saturated carbocycles. The van der Waals surface area contributed by atoms with Gasteiger partial charge in [0.1, 0.15) is 0 Å². The van der Waals surface area contributed by atoms with Gasteiger partial charge in [-0.25, -0.2) is 0 Å². The molecule has 0 fully saturated rings. The van der Waals surface area contributed by atoms with E-state index in [9.17, 15) is 9.59 Å². The average Bonchev–Trinajstić information content (AvgIpc) is 2.42. The molecule has 5 heteroatoms. The van der Waals surface area contributed by atoms with E-state index in [4.69, 9.17) is 11.6 Å². The van der Waals surface area contributed by atoms with Gasteiger partial charge in [-0.05, 0) is 42.8 Å². The molecule has 0 saturated heterocycles. The number of amides is 2. The minimum atomic E-state index is -0.262. The summed E-state index contributed by atoms with van der Waals surface area (Å²) in [6.45, 7) is 3.31. The summed E-state index contributed by atoms with van der Waals surface area (Å²) < 4.78 is 0. The van der Waals surface area contributed by atoms with E-state index in [1.807, 2.05) is 13.0 Å². The summed E-state index contributed by atoms with van der Waals surface area (Å²) in [5.74, 6) is -0.444. The lowest BCUT2D eigenvalue weighted by atomic mass is 10.1. The van der Waals surface area contributed by atoms with E-state index in [-0.39, 0.29) is 11.8 Å². The standard InChI is InChI=1S/C16H15ClN2O2/c1-10-6-7-14(9-15(10)17)19-16(21)12-4-3-5-13(8-12)18-11(2)20/h3-9H,1-2H3,(H,18,20)(H,19,21). The smallest absolute Gasteiger partial charge is 0.255 e. The molecule has 2 N–H and O–H groups in total. The molecule has 0 bridgehead atoms. The molecule has 0 aliphatic rings. The maximum atomic E-state index is 12.2. The highest BCUT2D eigenvalue weighted by Crippen LogP contribution is 2.21. The molecule has 2 aromatic rings. The number of benzene rings is 2. The molecule has 2 aromatic carbocycles. The normalized spacial score (nSPS) is 10.0. The largest absolute Gasteiger partial charge is 0.326 e. The van der Waals surface area contributed by atoms with Gasteiger partial charge < -0.3 is 10.6 Å². The second-order valence-electron chi connectivity index (χ2n) is 4.68. The third-order valence-electron chi connectivity index (χ3n) is 2.87. The van der Waals surface area contributed by atoms with Crippen molar-refractivity contribution in [3.05, 3.63) is 58.6 Å². The predicted octanol–water partition coefficient (Wildman–Crippen LogP) is 3.86. The fourth-order valence-electron chi connectivity index (χ4n) is 1.82. The molecule has 0 unspecified atom stereocenters. The summed E-state index contributed by atoms with van der Waals surface area (Å²) in [6.07, 6.45) is 0. The molecule has 4 nitrogen and oxygen atoms in total. The van der Waals surface area contributed by atoms with Gasteiger partial charge in [-0.3, -0.25) is 9.59 Å². The van der Waals surface area contributed by atoms with Crippen LogP contribution in [-0.4, -0.2) is 11.8 Å². The lowest BCUT2D eigenvalue weighted by Gasteiger charge is -2.08. The van der Waals surface area contributed by atoms with E-state index in [1.54, 1.807) is 36.4 Å². The topological polar surface area (TPSA) is 58.2 Å². The van der Waals surface area contributed by atoms with Crippen molar-refractivity contribution in [2.75, 3.05) is 10.6 Å². The zero-order valence-corrected chi connectivity index (χ0v) is 12.5. The van der Waals surface area contributed by atoms with Crippen LogP contribution >= 0.6 is 11.6 Å². The van der Waals surface area contributed by atoms with Crippen LogP contribution in [-0.2, 0) is 4.79 Å². The van der Waals surface area contributed by atoms with Gasteiger partial charge in [0.05, 0.1) is 0 Å². The second-order valence-corrected chi connectivity index (χ2v) is 5.09. The Morgan fingerprint density at radius 2 is 1.71 bits per heavy atom. The molecule has 0 aromatic heterocycles. The van der Waals surface area contributed by atoms with Crippen LogP contribution in [0, 0.1) is 6.92 Å². The number of rotatable bonds is 3. The van der Waals surface area contributed by atoms with E-state index in [2.05, 4.69) is 10.6 Å². The van der Waals surface area contributed by atoms with Gasteiger partial charge in [-0.15, -0.1) is 0 Å². The molecular weight excluding hydrogens is 288 g/mol. The Labute approximate surface area is 128 Å². The Balaban J connectivity index is 2.16. The summed E-state index contributed by atoms with van der Waals surface area (Å²) in [4.78, 5) is 23.2. The van der Waals surface area contributed by atoms with Gasteiger partial charge in [0.15, 0.2) is 0 Å². The van der Waals surface area contributed by atoms with Crippen LogP contribution in [0.15, 0.2) is 42.5 Å². The Morgan fingerprint density at radius 3 is 2.38 bits per heavy atom. The van der Waals surface area contributed by atoms with Crippen molar-refractivity contribution < 1.29 is 9.59 Å². The fourth-order valence-corrected chi connectivity index (χ4v) is 2.00. The Morgan fingerprint density at radius 1 is 1.00 bits per heavy atom. The lowest BCUT2D eigenvalue weighted by molar-refractivity contribution is -0.114. The number of halogens is 1. The fraction of sp³-hybridized carbons (Fsp3) is 0.125. The van der Waals surface area contributed by atoms with Crippen molar-refractivity contribution in [1.82, 2.24) is 0 Å². The average molecular weight is 303 g/mol. The first-order valence-corrected chi connectivity index (χ1v) is 6.78. The molecule has 108 valence electrons. The molecule has 0 radical (unpaired) electrons. The van der Waals surface area contributed by atoms with E-state index < -0.39 is 0 Å². The number of aryl methyl sites for hydroxylation is 1. The highest BCUT2D eigenvalue weighted by Gasteiger charge is 2.08. The molecule has 2 amide bonds. The summed E-state index contributed by atoms with van der Waals surface area (Å²) >= 11 is 6.03. The third-order valence-corrected chi connectivity index (χ3v) is 3.28. The van der Waals surface area contributed by atoms with Crippen LogP contribution in [0.3, 0.4) is 0 Å². The molecule has 21 heavy (non-hydrogen) atoms. The second kappa shape index (κ2) is 6.41. The van der Waals surface area contributed by atoms with E-state index in [1.165, 1.54) is 6.92 Å². The number of hydrogen-bond donors (Lipinski definition) is 2. The summed E-state index contributed by atoms with van der Waals surface area (Å²) in [5.41, 5.74) is 2.61. The van der Waals surface area contributed by atoms with Crippen LogP contribution in [0.5, 0.6) is 0 Å². The van der Waals surface area contributed by atoms with Gasteiger partial charge in [0, 0.05) is 28.9 Å². The Hall–Kier alpha value is -2.33. The molecule has 0 aliphatic heterocycles. The molecule has 0 aliphatic carbocycles. The molecular formula is C16H15ClN2O2. The van der Waals surface area contributed by atoms with E-state index >= 15 is 0 Å². The summed E-state index contributed by atoms with van der Waals surface area (Å²) in [5, 5.41) is 6.01. The number of carbonyl (C=O) groups is 2. The Bertz CT molecular complexity index is 698. The third kappa shape index (κ3) is 4.07. The number of anilines is 2. The van der Waals surface area contributed by atoms with Crippen LogP contribution in [0.4, 0.5) is 11.4 Å². The molecule has 0 heterocycles.